The number of nitrogen functional groups attached to an aromatic ring is 1. The van der Waals surface area contributed by atoms with Gasteiger partial charge in [0.15, 0.2) is 0 Å². The highest BCUT2D eigenvalue weighted by Crippen LogP contribution is 2.39. The highest BCUT2D eigenvalue weighted by Gasteiger charge is 2.27. The Morgan fingerprint density at radius 2 is 2.26 bits per heavy atom. The fraction of sp³-hybridized carbons (Fsp3) is 0.533. The van der Waals surface area contributed by atoms with Crippen molar-refractivity contribution in [3.8, 4) is 0 Å². The summed E-state index contributed by atoms with van der Waals surface area (Å²) in [7, 11) is 0. The van der Waals surface area contributed by atoms with Gasteiger partial charge in [0.05, 0.1) is 11.0 Å². The van der Waals surface area contributed by atoms with Crippen LogP contribution in [0.4, 0.5) is 5.69 Å². The average Bonchev–Trinajstić information content (AvgIpc) is 2.92. The van der Waals surface area contributed by atoms with E-state index in [1.807, 2.05) is 12.1 Å². The van der Waals surface area contributed by atoms with Gasteiger partial charge in [0.2, 0.25) is 0 Å². The first-order valence-corrected chi connectivity index (χ1v) is 8.09. The van der Waals surface area contributed by atoms with Crippen LogP contribution in [0.3, 0.4) is 0 Å². The van der Waals surface area contributed by atoms with Crippen LogP contribution in [0.2, 0.25) is 0 Å². The van der Waals surface area contributed by atoms with Crippen molar-refractivity contribution < 1.29 is 0 Å². The van der Waals surface area contributed by atoms with Gasteiger partial charge in [-0.2, -0.15) is 11.8 Å². The lowest BCUT2D eigenvalue weighted by molar-refractivity contribution is 0.521. The zero-order valence-corrected chi connectivity index (χ0v) is 12.4. The Balaban J connectivity index is 1.95. The van der Waals surface area contributed by atoms with Crippen LogP contribution in [0.1, 0.15) is 38.1 Å². The molecular weight excluding hydrogens is 254 g/mol. The molecule has 102 valence electrons. The molecular formula is C15H21N3S. The molecule has 1 aliphatic carbocycles. The Labute approximate surface area is 118 Å². The smallest absolute Gasteiger partial charge is 0.106 e. The fourth-order valence-electron chi connectivity index (χ4n) is 3.24. The van der Waals surface area contributed by atoms with Crippen molar-refractivity contribution in [2.75, 3.05) is 11.5 Å². The van der Waals surface area contributed by atoms with Gasteiger partial charge in [-0.15, -0.1) is 0 Å². The maximum atomic E-state index is 5.85. The molecule has 2 unspecified atom stereocenters. The monoisotopic (exact) mass is 275 g/mol. The van der Waals surface area contributed by atoms with Gasteiger partial charge in [-0.05, 0) is 50.1 Å². The minimum Gasteiger partial charge on any atom is -0.399 e. The summed E-state index contributed by atoms with van der Waals surface area (Å²) in [5.41, 5.74) is 8.91. The van der Waals surface area contributed by atoms with Gasteiger partial charge in [0.1, 0.15) is 5.82 Å². The lowest BCUT2D eigenvalue weighted by atomic mass is 10.2. The minimum atomic E-state index is 0.609. The number of hydrogen-bond acceptors (Lipinski definition) is 3. The molecule has 3 nitrogen and oxygen atoms in total. The van der Waals surface area contributed by atoms with Gasteiger partial charge in [0, 0.05) is 17.0 Å². The second-order valence-corrected chi connectivity index (χ2v) is 6.90. The number of aryl methyl sites for hydroxylation is 1. The summed E-state index contributed by atoms with van der Waals surface area (Å²) in [6.07, 6.45) is 3.88. The van der Waals surface area contributed by atoms with Gasteiger partial charge < -0.3 is 10.3 Å². The largest absolute Gasteiger partial charge is 0.399 e. The zero-order valence-electron chi connectivity index (χ0n) is 11.6. The van der Waals surface area contributed by atoms with E-state index in [2.05, 4.69) is 41.2 Å². The summed E-state index contributed by atoms with van der Waals surface area (Å²) in [5, 5.41) is 0.820. The number of nitrogens with two attached hydrogens (primary N) is 1. The highest BCUT2D eigenvalue weighted by molar-refractivity contribution is 7.99. The first-order chi connectivity index (χ1) is 9.19. The van der Waals surface area contributed by atoms with E-state index in [1.54, 1.807) is 0 Å². The van der Waals surface area contributed by atoms with Crippen molar-refractivity contribution in [2.24, 2.45) is 0 Å². The summed E-state index contributed by atoms with van der Waals surface area (Å²) < 4.78 is 2.42. The second kappa shape index (κ2) is 5.08. The molecule has 2 aromatic rings. The molecule has 4 heteroatoms. The number of benzene rings is 1. The Bertz CT molecular complexity index is 590. The van der Waals surface area contributed by atoms with Crippen molar-refractivity contribution in [2.45, 2.75) is 44.4 Å². The minimum absolute atomic E-state index is 0.609. The van der Waals surface area contributed by atoms with Crippen LogP contribution in [0.25, 0.3) is 11.0 Å². The third-order valence-electron chi connectivity index (χ3n) is 4.01. The van der Waals surface area contributed by atoms with Gasteiger partial charge in [-0.3, -0.25) is 0 Å². The molecule has 2 N–H and O–H groups in total. The summed E-state index contributed by atoms with van der Waals surface area (Å²) in [6.45, 7) is 4.36. The number of thioether (sulfide) groups is 1. The van der Waals surface area contributed by atoms with Crippen LogP contribution in [0.5, 0.6) is 0 Å². The third-order valence-corrected chi connectivity index (χ3v) is 5.25. The van der Waals surface area contributed by atoms with Crippen molar-refractivity contribution in [1.29, 1.82) is 0 Å². The normalized spacial score (nSPS) is 23.3. The predicted octanol–water partition coefficient (Wildman–Crippen LogP) is 3.77. The van der Waals surface area contributed by atoms with E-state index in [1.165, 1.54) is 30.5 Å². The lowest BCUT2D eigenvalue weighted by Crippen LogP contribution is -2.08. The van der Waals surface area contributed by atoms with Crippen LogP contribution >= 0.6 is 11.8 Å². The molecule has 3 rings (SSSR count). The quantitative estimate of drug-likeness (QED) is 0.867. The molecule has 1 aromatic carbocycles. The van der Waals surface area contributed by atoms with E-state index < -0.39 is 0 Å². The number of rotatable bonds is 3. The molecule has 0 spiro atoms. The van der Waals surface area contributed by atoms with E-state index in [9.17, 15) is 0 Å². The van der Waals surface area contributed by atoms with Crippen molar-refractivity contribution in [1.82, 2.24) is 9.55 Å². The fourth-order valence-corrected chi connectivity index (χ4v) is 4.37. The molecule has 0 saturated heterocycles. The van der Waals surface area contributed by atoms with Gasteiger partial charge >= 0.3 is 0 Å². The number of hydrogen-bond donors (Lipinski definition) is 1. The molecule has 19 heavy (non-hydrogen) atoms. The van der Waals surface area contributed by atoms with E-state index in [-0.39, 0.29) is 0 Å². The molecule has 0 radical (unpaired) electrons. The summed E-state index contributed by atoms with van der Waals surface area (Å²) in [6, 6.07) is 6.68. The van der Waals surface area contributed by atoms with Gasteiger partial charge in [-0.25, -0.2) is 4.98 Å². The molecule has 0 amide bonds. The van der Waals surface area contributed by atoms with Crippen molar-refractivity contribution in [3.05, 3.63) is 24.0 Å². The van der Waals surface area contributed by atoms with Crippen molar-refractivity contribution in [3.63, 3.8) is 0 Å². The number of aromatic nitrogens is 2. The average molecular weight is 275 g/mol. The van der Waals surface area contributed by atoms with Crippen LogP contribution < -0.4 is 5.73 Å². The summed E-state index contributed by atoms with van der Waals surface area (Å²) in [5.74, 6) is 2.34. The summed E-state index contributed by atoms with van der Waals surface area (Å²) >= 11 is 2.10. The number of imidazole rings is 1. The topological polar surface area (TPSA) is 43.8 Å². The van der Waals surface area contributed by atoms with Gasteiger partial charge in [0.25, 0.3) is 0 Å². The van der Waals surface area contributed by atoms with Crippen LogP contribution in [-0.2, 0) is 0 Å². The van der Waals surface area contributed by atoms with E-state index in [0.29, 0.717) is 6.04 Å². The first-order valence-electron chi connectivity index (χ1n) is 7.04. The molecule has 2 atom stereocenters. The summed E-state index contributed by atoms with van der Waals surface area (Å²) in [4.78, 5) is 4.67. The highest BCUT2D eigenvalue weighted by atomic mass is 32.2. The van der Waals surface area contributed by atoms with Crippen LogP contribution in [-0.4, -0.2) is 20.6 Å². The first kappa shape index (κ1) is 12.9. The maximum absolute atomic E-state index is 5.85. The Morgan fingerprint density at radius 1 is 1.42 bits per heavy atom. The van der Waals surface area contributed by atoms with E-state index in [0.717, 1.165) is 22.3 Å². The predicted molar refractivity (Wildman–Crippen MR) is 83.7 cm³/mol. The Hall–Kier alpha value is -1.16. The van der Waals surface area contributed by atoms with E-state index in [4.69, 9.17) is 5.73 Å². The SMILES string of the molecule is CCSC1CCC(n2c(C)nc3cc(N)ccc32)C1. The number of anilines is 1. The maximum Gasteiger partial charge on any atom is 0.106 e. The van der Waals surface area contributed by atoms with E-state index >= 15 is 0 Å². The third kappa shape index (κ3) is 2.34. The second-order valence-electron chi connectivity index (χ2n) is 5.32. The zero-order chi connectivity index (χ0) is 13.4. The standard InChI is InChI=1S/C15H21N3S/c1-3-19-13-6-5-12(9-13)18-10(2)17-14-8-11(16)4-7-15(14)18/h4,7-8,12-13H,3,5-6,9,16H2,1-2H3. The van der Waals surface area contributed by atoms with Gasteiger partial charge in [-0.1, -0.05) is 6.92 Å². The lowest BCUT2D eigenvalue weighted by Gasteiger charge is -2.15. The van der Waals surface area contributed by atoms with Crippen LogP contribution in [0, 0.1) is 6.92 Å². The Kier molecular flexibility index (Phi) is 3.44. The molecule has 1 fully saturated rings. The number of nitrogens with zero attached hydrogens (tertiary/aromatic N) is 2. The molecule has 0 aliphatic heterocycles. The van der Waals surface area contributed by atoms with Crippen molar-refractivity contribution >= 4 is 28.5 Å². The number of fused-ring (bicyclic) bond motifs is 1. The van der Waals surface area contributed by atoms with Crippen LogP contribution in [0.15, 0.2) is 18.2 Å². The molecule has 1 aliphatic rings. The molecule has 1 heterocycles. The molecule has 0 bridgehead atoms. The Morgan fingerprint density at radius 3 is 3.05 bits per heavy atom. The molecule has 1 aromatic heterocycles. The molecule has 1 saturated carbocycles.